The van der Waals surface area contributed by atoms with Crippen molar-refractivity contribution >= 4 is 23.3 Å². The molecule has 0 fully saturated rings. The van der Waals surface area contributed by atoms with Crippen LogP contribution >= 0.6 is 11.3 Å². The van der Waals surface area contributed by atoms with Crippen molar-refractivity contribution in [3.63, 3.8) is 0 Å². The number of rotatable bonds is 2. The molecule has 0 aromatic carbocycles. The topological polar surface area (TPSA) is 60.2 Å². The maximum atomic E-state index is 10.1. The van der Waals surface area contributed by atoms with Crippen LogP contribution in [-0.2, 0) is 4.79 Å². The average Bonchev–Trinajstić information content (AvgIpc) is 2.33. The molecule has 4 nitrogen and oxygen atoms in total. The maximum absolute atomic E-state index is 10.1. The van der Waals surface area contributed by atoms with Gasteiger partial charge in [0.05, 0.1) is 4.92 Å². The van der Waals surface area contributed by atoms with Gasteiger partial charge in [-0.3, -0.25) is 14.9 Å². The maximum Gasteiger partial charge on any atom is 0.291 e. The molecular formula is C5H2NO3S. The van der Waals surface area contributed by atoms with Gasteiger partial charge in [-0.15, -0.1) is 11.3 Å². The molecule has 1 aromatic heterocycles. The van der Waals surface area contributed by atoms with Crippen LogP contribution in [-0.4, -0.2) is 11.2 Å². The van der Waals surface area contributed by atoms with Crippen LogP contribution in [0.1, 0.15) is 4.88 Å². The van der Waals surface area contributed by atoms with Gasteiger partial charge < -0.3 is 0 Å². The van der Waals surface area contributed by atoms with E-state index in [0.29, 0.717) is 0 Å². The lowest BCUT2D eigenvalue weighted by molar-refractivity contribution is -0.384. The van der Waals surface area contributed by atoms with Crippen LogP contribution in [0, 0.1) is 10.1 Å². The Morgan fingerprint density at radius 1 is 1.70 bits per heavy atom. The van der Waals surface area contributed by atoms with Gasteiger partial charge in [-0.1, -0.05) is 0 Å². The molecule has 0 atom stereocenters. The fourth-order valence-electron chi connectivity index (χ4n) is 0.523. The van der Waals surface area contributed by atoms with E-state index in [9.17, 15) is 14.9 Å². The summed E-state index contributed by atoms with van der Waals surface area (Å²) >= 11 is 1.01. The summed E-state index contributed by atoms with van der Waals surface area (Å²) in [6.45, 7) is 0. The minimum atomic E-state index is -0.600. The van der Waals surface area contributed by atoms with Crippen molar-refractivity contribution in [1.29, 1.82) is 0 Å². The van der Waals surface area contributed by atoms with Crippen LogP contribution in [0.15, 0.2) is 11.4 Å². The first-order valence-electron chi connectivity index (χ1n) is 2.35. The van der Waals surface area contributed by atoms with E-state index < -0.39 is 4.92 Å². The first-order chi connectivity index (χ1) is 4.75. The third kappa shape index (κ3) is 1.03. The Morgan fingerprint density at radius 2 is 2.40 bits per heavy atom. The van der Waals surface area contributed by atoms with Crippen LogP contribution < -0.4 is 0 Å². The standard InChI is InChI=1S/C5H2NO3S/c7-3-5-4(6(8)9)1-2-10-5/h1-2H. The van der Waals surface area contributed by atoms with E-state index in [0.717, 1.165) is 11.3 Å². The first kappa shape index (κ1) is 6.88. The van der Waals surface area contributed by atoms with Crippen molar-refractivity contribution in [3.8, 4) is 0 Å². The molecule has 0 saturated carbocycles. The summed E-state index contributed by atoms with van der Waals surface area (Å²) in [7, 11) is 0. The third-order valence-electron chi connectivity index (χ3n) is 0.934. The van der Waals surface area contributed by atoms with E-state index in [-0.39, 0.29) is 10.6 Å². The lowest BCUT2D eigenvalue weighted by Crippen LogP contribution is -1.88. The van der Waals surface area contributed by atoms with Crippen LogP contribution in [0.4, 0.5) is 5.69 Å². The third-order valence-corrected chi connectivity index (χ3v) is 1.73. The molecule has 0 N–H and O–H groups in total. The van der Waals surface area contributed by atoms with E-state index in [4.69, 9.17) is 0 Å². The fourth-order valence-corrected chi connectivity index (χ4v) is 1.17. The summed E-state index contributed by atoms with van der Waals surface area (Å²) in [6, 6.07) is 1.28. The zero-order valence-corrected chi connectivity index (χ0v) is 5.55. The summed E-state index contributed by atoms with van der Waals surface area (Å²) in [6.07, 6.45) is 1.48. The predicted octanol–water partition coefficient (Wildman–Crippen LogP) is 1.11. The molecule has 0 bridgehead atoms. The summed E-state index contributed by atoms with van der Waals surface area (Å²) in [4.78, 5) is 19.5. The minimum absolute atomic E-state index is 0.0463. The Labute approximate surface area is 60.3 Å². The Morgan fingerprint density at radius 3 is 2.80 bits per heavy atom. The van der Waals surface area contributed by atoms with E-state index in [1.807, 2.05) is 0 Å². The van der Waals surface area contributed by atoms with E-state index in [2.05, 4.69) is 0 Å². The fraction of sp³-hybridized carbons (Fsp3) is 0. The molecule has 5 heteroatoms. The van der Waals surface area contributed by atoms with Gasteiger partial charge in [0, 0.05) is 6.07 Å². The number of hydrogen-bond acceptors (Lipinski definition) is 4. The molecule has 0 saturated heterocycles. The van der Waals surface area contributed by atoms with Crippen molar-refractivity contribution in [1.82, 2.24) is 0 Å². The molecule has 1 radical (unpaired) electrons. The summed E-state index contributed by atoms with van der Waals surface area (Å²) in [5.41, 5.74) is -0.167. The molecule has 0 aliphatic carbocycles. The number of thiophene rings is 1. The Hall–Kier alpha value is -1.23. The highest BCUT2D eigenvalue weighted by atomic mass is 32.1. The number of nitro groups is 1. The van der Waals surface area contributed by atoms with Gasteiger partial charge in [-0.05, 0) is 5.38 Å². The molecule has 51 valence electrons. The van der Waals surface area contributed by atoms with Crippen LogP contribution in [0.5, 0.6) is 0 Å². The van der Waals surface area contributed by atoms with Crippen LogP contribution in [0.25, 0.3) is 0 Å². The minimum Gasteiger partial charge on any atom is -0.284 e. The molecular weight excluding hydrogens is 154 g/mol. The van der Waals surface area contributed by atoms with Crippen molar-refractivity contribution in [2.75, 3.05) is 0 Å². The highest BCUT2D eigenvalue weighted by Gasteiger charge is 2.13. The summed E-state index contributed by atoms with van der Waals surface area (Å²) in [5, 5.41) is 11.6. The van der Waals surface area contributed by atoms with Gasteiger partial charge >= 0.3 is 0 Å². The largest absolute Gasteiger partial charge is 0.291 e. The quantitative estimate of drug-likeness (QED) is 0.476. The zero-order chi connectivity index (χ0) is 7.56. The van der Waals surface area contributed by atoms with E-state index in [1.165, 1.54) is 17.7 Å². The molecule has 0 aliphatic rings. The Kier molecular flexibility index (Phi) is 1.77. The van der Waals surface area contributed by atoms with Crippen LogP contribution in [0.3, 0.4) is 0 Å². The normalized spacial score (nSPS) is 9.20. The molecule has 10 heavy (non-hydrogen) atoms. The average molecular weight is 156 g/mol. The molecule has 0 unspecified atom stereocenters. The van der Waals surface area contributed by atoms with Gasteiger partial charge in [0.2, 0.25) is 0 Å². The Bertz CT molecular complexity index is 268. The molecule has 1 aromatic rings. The smallest absolute Gasteiger partial charge is 0.284 e. The van der Waals surface area contributed by atoms with Crippen molar-refractivity contribution in [2.24, 2.45) is 0 Å². The molecule has 0 aliphatic heterocycles. The lowest BCUT2D eigenvalue weighted by Gasteiger charge is -1.82. The number of nitrogens with zero attached hydrogens (tertiary/aromatic N) is 1. The molecule has 1 heterocycles. The van der Waals surface area contributed by atoms with Gasteiger partial charge in [-0.25, -0.2) is 0 Å². The number of hydrogen-bond donors (Lipinski definition) is 0. The molecule has 0 spiro atoms. The second-order valence-electron chi connectivity index (χ2n) is 1.49. The van der Waals surface area contributed by atoms with Crippen molar-refractivity contribution < 1.29 is 9.72 Å². The van der Waals surface area contributed by atoms with Crippen LogP contribution in [0.2, 0.25) is 0 Å². The molecule has 0 amide bonds. The van der Waals surface area contributed by atoms with Gasteiger partial charge in [0.15, 0.2) is 4.88 Å². The highest BCUT2D eigenvalue weighted by molar-refractivity contribution is 7.12. The zero-order valence-electron chi connectivity index (χ0n) is 4.73. The second-order valence-corrected chi connectivity index (χ2v) is 2.41. The van der Waals surface area contributed by atoms with Gasteiger partial charge in [0.1, 0.15) is 0 Å². The molecule has 1 rings (SSSR count). The van der Waals surface area contributed by atoms with Gasteiger partial charge in [0.25, 0.3) is 12.0 Å². The number of carbonyl (C=O) groups excluding carboxylic acids is 1. The summed E-state index contributed by atoms with van der Waals surface area (Å²) in [5.74, 6) is 0. The van der Waals surface area contributed by atoms with E-state index in [1.54, 1.807) is 0 Å². The van der Waals surface area contributed by atoms with E-state index >= 15 is 0 Å². The summed E-state index contributed by atoms with van der Waals surface area (Å²) < 4.78 is 0. The van der Waals surface area contributed by atoms with Gasteiger partial charge in [-0.2, -0.15) is 0 Å². The SMILES string of the molecule is O=[C]c1sccc1[N+](=O)[O-]. The second kappa shape index (κ2) is 2.57. The lowest BCUT2D eigenvalue weighted by atomic mass is 10.4. The first-order valence-corrected chi connectivity index (χ1v) is 3.23. The highest BCUT2D eigenvalue weighted by Crippen LogP contribution is 2.21. The Balaban J connectivity index is 3.13. The monoisotopic (exact) mass is 156 g/mol. The predicted molar refractivity (Wildman–Crippen MR) is 35.8 cm³/mol. The van der Waals surface area contributed by atoms with Crippen molar-refractivity contribution in [2.45, 2.75) is 0 Å². The van der Waals surface area contributed by atoms with Crippen molar-refractivity contribution in [3.05, 3.63) is 26.4 Å².